The van der Waals surface area contributed by atoms with Gasteiger partial charge in [0.1, 0.15) is 12.6 Å². The van der Waals surface area contributed by atoms with Crippen molar-refractivity contribution >= 4 is 18.0 Å². The van der Waals surface area contributed by atoms with Gasteiger partial charge >= 0.3 is 12.1 Å². The summed E-state index contributed by atoms with van der Waals surface area (Å²) in [7, 11) is 0. The van der Waals surface area contributed by atoms with Crippen LogP contribution in [0.1, 0.15) is 50.2 Å². The van der Waals surface area contributed by atoms with Gasteiger partial charge in [-0.25, -0.2) is 4.79 Å². The predicted octanol–water partition coefficient (Wildman–Crippen LogP) is 3.28. The second-order valence-electron chi connectivity index (χ2n) is 8.98. The molecule has 8 heteroatoms. The third kappa shape index (κ3) is 6.57. The van der Waals surface area contributed by atoms with E-state index in [0.29, 0.717) is 6.42 Å². The van der Waals surface area contributed by atoms with Gasteiger partial charge in [0.05, 0.1) is 6.10 Å². The zero-order valence-corrected chi connectivity index (χ0v) is 19.5. The highest BCUT2D eigenvalue weighted by Crippen LogP contribution is 2.44. The molecular formula is C26H32N2O6. The number of ether oxygens (including phenoxy) is 1. The van der Waals surface area contributed by atoms with Crippen molar-refractivity contribution in [1.29, 1.82) is 0 Å². The van der Waals surface area contributed by atoms with Crippen molar-refractivity contribution in [3.05, 3.63) is 59.7 Å². The molecule has 2 aromatic carbocycles. The van der Waals surface area contributed by atoms with Crippen molar-refractivity contribution in [2.75, 3.05) is 13.2 Å². The molecule has 1 aliphatic rings. The van der Waals surface area contributed by atoms with Crippen molar-refractivity contribution in [3.63, 3.8) is 0 Å². The van der Waals surface area contributed by atoms with E-state index in [2.05, 4.69) is 10.6 Å². The molecule has 4 N–H and O–H groups in total. The van der Waals surface area contributed by atoms with Gasteiger partial charge in [0.2, 0.25) is 5.91 Å². The van der Waals surface area contributed by atoms with E-state index < -0.39 is 30.1 Å². The van der Waals surface area contributed by atoms with Gasteiger partial charge in [0, 0.05) is 18.9 Å². The Balaban J connectivity index is 1.61. The van der Waals surface area contributed by atoms with Gasteiger partial charge in [-0.05, 0) is 41.0 Å². The van der Waals surface area contributed by atoms with Crippen molar-refractivity contribution in [2.24, 2.45) is 5.92 Å². The largest absolute Gasteiger partial charge is 0.481 e. The first-order valence-corrected chi connectivity index (χ1v) is 11.5. The van der Waals surface area contributed by atoms with Crippen LogP contribution in [0.2, 0.25) is 0 Å². The van der Waals surface area contributed by atoms with Crippen LogP contribution >= 0.6 is 0 Å². The van der Waals surface area contributed by atoms with Gasteiger partial charge in [-0.2, -0.15) is 0 Å². The second-order valence-corrected chi connectivity index (χ2v) is 8.98. The van der Waals surface area contributed by atoms with Crippen molar-refractivity contribution in [2.45, 2.75) is 51.2 Å². The molecule has 3 rings (SSSR count). The molecule has 0 aliphatic heterocycles. The highest BCUT2D eigenvalue weighted by molar-refractivity contribution is 5.86. The highest BCUT2D eigenvalue weighted by Gasteiger charge is 2.30. The van der Waals surface area contributed by atoms with Crippen LogP contribution < -0.4 is 10.6 Å². The maximum atomic E-state index is 12.6. The van der Waals surface area contributed by atoms with Crippen LogP contribution in [0.3, 0.4) is 0 Å². The van der Waals surface area contributed by atoms with Crippen LogP contribution in [-0.2, 0) is 14.3 Å². The quantitative estimate of drug-likeness (QED) is 0.401. The molecule has 2 amide bonds. The molecule has 182 valence electrons. The summed E-state index contributed by atoms with van der Waals surface area (Å²) in [6, 6.07) is 14.8. The Morgan fingerprint density at radius 1 is 1.00 bits per heavy atom. The number of hydrogen-bond acceptors (Lipinski definition) is 5. The normalized spacial score (nSPS) is 14.1. The number of nitrogens with one attached hydrogen (secondary N) is 2. The zero-order chi connectivity index (χ0) is 24.7. The second kappa shape index (κ2) is 11.7. The predicted molar refractivity (Wildman–Crippen MR) is 127 cm³/mol. The van der Waals surface area contributed by atoms with Gasteiger partial charge in [-0.15, -0.1) is 0 Å². The summed E-state index contributed by atoms with van der Waals surface area (Å²) in [6.07, 6.45) is -1.39. The number of alkyl carbamates (subject to hydrolysis) is 1. The average Bonchev–Trinajstić information content (AvgIpc) is 3.12. The van der Waals surface area contributed by atoms with E-state index in [9.17, 15) is 19.5 Å². The first kappa shape index (κ1) is 25.2. The molecule has 8 nitrogen and oxygen atoms in total. The number of aliphatic carboxylic acids is 1. The molecule has 2 unspecified atom stereocenters. The number of fused-ring (bicyclic) bond motifs is 3. The molecule has 0 saturated carbocycles. The minimum Gasteiger partial charge on any atom is -0.481 e. The first-order valence-electron chi connectivity index (χ1n) is 11.5. The van der Waals surface area contributed by atoms with Gasteiger partial charge < -0.3 is 25.6 Å². The summed E-state index contributed by atoms with van der Waals surface area (Å²) in [5, 5.41) is 24.1. The number of carbonyl (C=O) groups excluding carboxylic acids is 2. The molecule has 0 aromatic heterocycles. The van der Waals surface area contributed by atoms with Gasteiger partial charge in [0.15, 0.2) is 0 Å². The molecular weight excluding hydrogens is 436 g/mol. The SMILES string of the molecule is CC(C)CC(O)CNC(=O)C(CCC(=O)O)NC(=O)OCC1c2ccccc2-c2ccccc21. The minimum atomic E-state index is -1.09. The lowest BCUT2D eigenvalue weighted by molar-refractivity contribution is -0.137. The number of aliphatic hydroxyl groups is 1. The average molecular weight is 469 g/mol. The summed E-state index contributed by atoms with van der Waals surface area (Å²) in [5.74, 6) is -1.51. The maximum absolute atomic E-state index is 12.6. The van der Waals surface area contributed by atoms with Crippen LogP contribution in [0.4, 0.5) is 4.79 Å². The van der Waals surface area contributed by atoms with Gasteiger partial charge in [0.25, 0.3) is 0 Å². The summed E-state index contributed by atoms with van der Waals surface area (Å²) >= 11 is 0. The highest BCUT2D eigenvalue weighted by atomic mass is 16.5. The lowest BCUT2D eigenvalue weighted by Crippen LogP contribution is -2.48. The van der Waals surface area contributed by atoms with Crippen molar-refractivity contribution in [1.82, 2.24) is 10.6 Å². The van der Waals surface area contributed by atoms with Gasteiger partial charge in [-0.1, -0.05) is 62.4 Å². The zero-order valence-electron chi connectivity index (χ0n) is 19.5. The summed E-state index contributed by atoms with van der Waals surface area (Å²) < 4.78 is 5.48. The Kier molecular flexibility index (Phi) is 8.65. The molecule has 0 heterocycles. The topological polar surface area (TPSA) is 125 Å². The molecule has 34 heavy (non-hydrogen) atoms. The maximum Gasteiger partial charge on any atom is 0.407 e. The third-order valence-electron chi connectivity index (χ3n) is 5.85. The molecule has 0 saturated heterocycles. The van der Waals surface area contributed by atoms with E-state index in [-0.39, 0.29) is 37.8 Å². The molecule has 2 aromatic rings. The Labute approximate surface area is 199 Å². The number of carboxylic acid groups (broad SMARTS) is 1. The first-order chi connectivity index (χ1) is 16.3. The molecule has 0 spiro atoms. The van der Waals surface area contributed by atoms with Gasteiger partial charge in [-0.3, -0.25) is 9.59 Å². The van der Waals surface area contributed by atoms with Crippen LogP contribution in [0.15, 0.2) is 48.5 Å². The minimum absolute atomic E-state index is 0.0208. The standard InChI is InChI=1S/C26H32N2O6/c1-16(2)13-17(29)14-27-25(32)23(11-12-24(30)31)28-26(33)34-15-22-20-9-5-3-7-18(20)19-8-4-6-10-21(19)22/h3-10,16-17,22-23,29H,11-15H2,1-2H3,(H,27,32)(H,28,33)(H,30,31). The monoisotopic (exact) mass is 468 g/mol. The van der Waals surface area contributed by atoms with E-state index in [1.807, 2.05) is 62.4 Å². The van der Waals surface area contributed by atoms with E-state index in [1.165, 1.54) is 0 Å². The smallest absolute Gasteiger partial charge is 0.407 e. The summed E-state index contributed by atoms with van der Waals surface area (Å²) in [4.78, 5) is 36.2. The van der Waals surface area contributed by atoms with Crippen molar-refractivity contribution < 1.29 is 29.3 Å². The summed E-state index contributed by atoms with van der Waals surface area (Å²) in [6.45, 7) is 4.02. The number of carboxylic acids is 1. The molecule has 0 fully saturated rings. The Bertz CT molecular complexity index is 976. The molecule has 2 atom stereocenters. The van der Waals surface area contributed by atoms with Crippen LogP contribution in [0.25, 0.3) is 11.1 Å². The van der Waals surface area contributed by atoms with Crippen molar-refractivity contribution in [3.8, 4) is 11.1 Å². The Hall–Kier alpha value is -3.39. The fraction of sp³-hybridized carbons (Fsp3) is 0.423. The molecule has 0 bridgehead atoms. The number of amides is 2. The Morgan fingerprint density at radius 2 is 1.59 bits per heavy atom. The number of benzene rings is 2. The number of rotatable bonds is 11. The number of carbonyl (C=O) groups is 3. The lowest BCUT2D eigenvalue weighted by Gasteiger charge is -2.20. The fourth-order valence-corrected chi connectivity index (χ4v) is 4.29. The van der Waals surface area contributed by atoms with Crippen LogP contribution in [-0.4, -0.2) is 53.5 Å². The van der Waals surface area contributed by atoms with E-state index in [4.69, 9.17) is 9.84 Å². The fourth-order valence-electron chi connectivity index (χ4n) is 4.29. The van der Waals surface area contributed by atoms with E-state index in [1.54, 1.807) is 0 Å². The van der Waals surface area contributed by atoms with E-state index in [0.717, 1.165) is 22.3 Å². The number of hydrogen-bond donors (Lipinski definition) is 4. The third-order valence-corrected chi connectivity index (χ3v) is 5.85. The van der Waals surface area contributed by atoms with Crippen LogP contribution in [0, 0.1) is 5.92 Å². The summed E-state index contributed by atoms with van der Waals surface area (Å²) in [5.41, 5.74) is 4.34. The molecule has 1 aliphatic carbocycles. The number of aliphatic hydroxyl groups excluding tert-OH is 1. The molecule has 0 radical (unpaired) electrons. The Morgan fingerprint density at radius 3 is 2.15 bits per heavy atom. The van der Waals surface area contributed by atoms with Crippen LogP contribution in [0.5, 0.6) is 0 Å². The van der Waals surface area contributed by atoms with E-state index >= 15 is 0 Å². The lowest BCUT2D eigenvalue weighted by atomic mass is 9.98.